The molecule has 2 amide bonds. The molecule has 0 atom stereocenters. The van der Waals surface area contributed by atoms with Crippen molar-refractivity contribution in [3.05, 3.63) is 53.0 Å². The molecule has 1 fully saturated rings. The molecule has 0 N–H and O–H groups in total. The molecule has 4 heteroatoms. The molecule has 2 rings (SSSR count). The van der Waals surface area contributed by atoms with Crippen molar-refractivity contribution in [2.75, 3.05) is 20.1 Å². The lowest BCUT2D eigenvalue weighted by Crippen LogP contribution is -2.43. The Morgan fingerprint density at radius 1 is 1.33 bits per heavy atom. The van der Waals surface area contributed by atoms with E-state index in [2.05, 4.69) is 16.8 Å². The molecule has 1 aromatic heterocycles. The monoisotopic (exact) mass is 323 g/mol. The third-order valence-electron chi connectivity index (χ3n) is 4.27. The summed E-state index contributed by atoms with van der Waals surface area (Å²) in [5, 5.41) is 0. The number of pyridine rings is 1. The minimum absolute atomic E-state index is 0.0692. The smallest absolute Gasteiger partial charge is 0.323 e. The van der Waals surface area contributed by atoms with E-state index in [4.69, 9.17) is 0 Å². The summed E-state index contributed by atoms with van der Waals surface area (Å²) in [6, 6.07) is 5.91. The maximum Gasteiger partial charge on any atom is 0.323 e. The zero-order chi connectivity index (χ0) is 17.5. The van der Waals surface area contributed by atoms with Gasteiger partial charge in [-0.1, -0.05) is 23.6 Å². The largest absolute Gasteiger partial charge is 0.324 e. The summed E-state index contributed by atoms with van der Waals surface area (Å²) in [6.45, 7) is 7.34. The maximum atomic E-state index is 12.4. The van der Waals surface area contributed by atoms with E-state index in [-0.39, 0.29) is 6.03 Å². The topological polar surface area (TPSA) is 36.4 Å². The van der Waals surface area contributed by atoms with Gasteiger partial charge in [0.25, 0.3) is 0 Å². The van der Waals surface area contributed by atoms with Crippen molar-refractivity contribution >= 4 is 6.03 Å². The van der Waals surface area contributed by atoms with E-state index in [0.29, 0.717) is 0 Å². The fourth-order valence-electron chi connectivity index (χ4n) is 2.51. The van der Waals surface area contributed by atoms with Crippen molar-refractivity contribution < 1.29 is 4.79 Å². The van der Waals surface area contributed by atoms with Crippen LogP contribution in [0.15, 0.2) is 41.6 Å². The highest BCUT2D eigenvalue weighted by Gasteiger charge is 2.22. The second kappa shape index (κ2) is 8.35. The number of amides is 2. The van der Waals surface area contributed by atoms with Crippen molar-refractivity contribution in [2.45, 2.75) is 33.6 Å². The third kappa shape index (κ3) is 4.73. The molecule has 4 nitrogen and oxygen atoms in total. The predicted molar refractivity (Wildman–Crippen MR) is 97.3 cm³/mol. The number of carbonyl (C=O) groups is 1. The molecular formula is C20H25N3O. The normalized spacial score (nSPS) is 14.8. The second-order valence-corrected chi connectivity index (χ2v) is 5.99. The van der Waals surface area contributed by atoms with Gasteiger partial charge < -0.3 is 9.80 Å². The molecule has 0 saturated carbocycles. The Bertz CT molecular complexity index is 712. The van der Waals surface area contributed by atoms with Crippen LogP contribution >= 0.6 is 0 Å². The number of hydrogen-bond donors (Lipinski definition) is 0. The van der Waals surface area contributed by atoms with Crippen LogP contribution in [0, 0.1) is 18.8 Å². The highest BCUT2D eigenvalue weighted by atomic mass is 16.2. The van der Waals surface area contributed by atoms with Gasteiger partial charge in [0.05, 0.1) is 0 Å². The van der Waals surface area contributed by atoms with Crippen molar-refractivity contribution in [3.8, 4) is 11.8 Å². The van der Waals surface area contributed by atoms with Gasteiger partial charge in [-0.2, -0.15) is 0 Å². The zero-order valence-electron chi connectivity index (χ0n) is 15.0. The molecule has 1 aromatic rings. The fourth-order valence-corrected chi connectivity index (χ4v) is 2.51. The average Bonchev–Trinajstić information content (AvgIpc) is 2.60. The molecule has 0 unspecified atom stereocenters. The SMILES string of the molecule is C/C=C(/C)N(C)C(=O)N1CCC(=CC#Cc2cccc(C)n2)CC1. The Kier molecular flexibility index (Phi) is 6.20. The van der Waals surface area contributed by atoms with E-state index in [9.17, 15) is 4.79 Å². The number of likely N-dealkylation sites (tertiary alicyclic amines) is 1. The van der Waals surface area contributed by atoms with E-state index in [1.165, 1.54) is 5.57 Å². The van der Waals surface area contributed by atoms with Gasteiger partial charge in [0.2, 0.25) is 0 Å². The van der Waals surface area contributed by atoms with Crippen LogP contribution in [0.2, 0.25) is 0 Å². The van der Waals surface area contributed by atoms with E-state index < -0.39 is 0 Å². The molecule has 1 aliphatic rings. The Morgan fingerprint density at radius 3 is 2.67 bits per heavy atom. The van der Waals surface area contributed by atoms with E-state index in [1.807, 2.05) is 63.1 Å². The Balaban J connectivity index is 1.92. The molecule has 1 aliphatic heterocycles. The number of rotatable bonds is 1. The van der Waals surface area contributed by atoms with Gasteiger partial charge in [-0.25, -0.2) is 9.78 Å². The lowest BCUT2D eigenvalue weighted by Gasteiger charge is -2.32. The number of nitrogens with zero attached hydrogens (tertiary/aromatic N) is 3. The summed E-state index contributed by atoms with van der Waals surface area (Å²) in [7, 11) is 1.82. The Morgan fingerprint density at radius 2 is 2.04 bits per heavy atom. The Hall–Kier alpha value is -2.54. The van der Waals surface area contributed by atoms with Crippen molar-refractivity contribution in [2.24, 2.45) is 0 Å². The van der Waals surface area contributed by atoms with Gasteiger partial charge >= 0.3 is 6.03 Å². The summed E-state index contributed by atoms with van der Waals surface area (Å²) >= 11 is 0. The number of piperidine rings is 1. The van der Waals surface area contributed by atoms with E-state index in [0.717, 1.165) is 43.0 Å². The number of hydrogen-bond acceptors (Lipinski definition) is 2. The van der Waals surface area contributed by atoms with E-state index >= 15 is 0 Å². The molecule has 24 heavy (non-hydrogen) atoms. The molecule has 2 heterocycles. The van der Waals surface area contributed by atoms with Crippen molar-refractivity contribution in [1.82, 2.24) is 14.8 Å². The van der Waals surface area contributed by atoms with Gasteiger partial charge in [-0.05, 0) is 57.7 Å². The first-order valence-corrected chi connectivity index (χ1v) is 8.30. The van der Waals surface area contributed by atoms with Crippen LogP contribution in [0.4, 0.5) is 4.79 Å². The van der Waals surface area contributed by atoms with Crippen LogP contribution < -0.4 is 0 Å². The van der Waals surface area contributed by atoms with Gasteiger partial charge in [-0.15, -0.1) is 0 Å². The standard InChI is InChI=1S/C20H25N3O/c1-5-17(3)22(4)20(24)23-14-12-18(13-15-23)9-7-11-19-10-6-8-16(2)21-19/h5-6,8-10H,12-15H2,1-4H3/b17-5-. The van der Waals surface area contributed by atoms with Crippen LogP contribution in [-0.4, -0.2) is 41.0 Å². The predicted octanol–water partition coefficient (Wildman–Crippen LogP) is 3.74. The minimum atomic E-state index is 0.0692. The molecule has 0 aliphatic carbocycles. The molecule has 126 valence electrons. The summed E-state index contributed by atoms with van der Waals surface area (Å²) < 4.78 is 0. The van der Waals surface area contributed by atoms with E-state index in [1.54, 1.807) is 4.90 Å². The maximum absolute atomic E-state index is 12.4. The lowest BCUT2D eigenvalue weighted by atomic mass is 10.0. The number of aromatic nitrogens is 1. The van der Waals surface area contributed by atoms with Crippen LogP contribution in [0.1, 0.15) is 38.1 Å². The molecule has 0 bridgehead atoms. The summed E-state index contributed by atoms with van der Waals surface area (Å²) in [5.41, 5.74) is 4.03. The van der Waals surface area contributed by atoms with Crippen LogP contribution in [0.25, 0.3) is 0 Å². The number of carbonyl (C=O) groups excluding carboxylic acids is 1. The van der Waals surface area contributed by atoms with Gasteiger partial charge in [0.1, 0.15) is 5.69 Å². The molecule has 1 saturated heterocycles. The fraction of sp³-hybridized carbons (Fsp3) is 0.400. The van der Waals surface area contributed by atoms with Crippen LogP contribution in [-0.2, 0) is 0 Å². The Labute approximate surface area is 144 Å². The van der Waals surface area contributed by atoms with Crippen LogP contribution in [0.3, 0.4) is 0 Å². The molecule has 0 radical (unpaired) electrons. The second-order valence-electron chi connectivity index (χ2n) is 5.99. The number of allylic oxidation sites excluding steroid dienone is 3. The number of urea groups is 1. The van der Waals surface area contributed by atoms with Crippen LogP contribution in [0.5, 0.6) is 0 Å². The number of aryl methyl sites for hydroxylation is 1. The first-order chi connectivity index (χ1) is 11.5. The zero-order valence-corrected chi connectivity index (χ0v) is 15.0. The summed E-state index contributed by atoms with van der Waals surface area (Å²) in [4.78, 5) is 20.4. The summed E-state index contributed by atoms with van der Waals surface area (Å²) in [6.07, 6.45) is 5.68. The molecular weight excluding hydrogens is 298 g/mol. The molecule has 0 aromatic carbocycles. The quantitative estimate of drug-likeness (QED) is 0.738. The third-order valence-corrected chi connectivity index (χ3v) is 4.27. The van der Waals surface area contributed by atoms with Gasteiger partial charge in [0.15, 0.2) is 0 Å². The lowest BCUT2D eigenvalue weighted by molar-refractivity contribution is 0.169. The average molecular weight is 323 g/mol. The van der Waals surface area contributed by atoms with Gasteiger partial charge in [-0.3, -0.25) is 0 Å². The first kappa shape index (κ1) is 17.8. The minimum Gasteiger partial charge on any atom is -0.324 e. The molecule has 0 spiro atoms. The summed E-state index contributed by atoms with van der Waals surface area (Å²) in [5.74, 6) is 6.17. The van der Waals surface area contributed by atoms with Gasteiger partial charge in [0, 0.05) is 31.5 Å². The van der Waals surface area contributed by atoms with Crippen molar-refractivity contribution in [1.29, 1.82) is 0 Å². The van der Waals surface area contributed by atoms with Crippen molar-refractivity contribution in [3.63, 3.8) is 0 Å². The highest BCUT2D eigenvalue weighted by molar-refractivity contribution is 5.76. The first-order valence-electron chi connectivity index (χ1n) is 8.30. The highest BCUT2D eigenvalue weighted by Crippen LogP contribution is 2.18.